The Balaban J connectivity index is 1.83. The first-order valence-corrected chi connectivity index (χ1v) is 6.14. The van der Waals surface area contributed by atoms with E-state index in [1.807, 2.05) is 24.4 Å². The van der Waals surface area contributed by atoms with Gasteiger partial charge in [0.1, 0.15) is 0 Å². The van der Waals surface area contributed by atoms with Crippen molar-refractivity contribution >= 4 is 17.4 Å². The van der Waals surface area contributed by atoms with Crippen LogP contribution in [0.5, 0.6) is 0 Å². The van der Waals surface area contributed by atoms with Crippen molar-refractivity contribution in [3.63, 3.8) is 0 Å². The summed E-state index contributed by atoms with van der Waals surface area (Å²) < 4.78 is 0. The quantitative estimate of drug-likeness (QED) is 0.778. The molecule has 0 saturated heterocycles. The summed E-state index contributed by atoms with van der Waals surface area (Å²) in [6.07, 6.45) is 4.52. The Morgan fingerprint density at radius 2 is 2.42 bits per heavy atom. The Kier molecular flexibility index (Phi) is 2.83. The SMILES string of the molecule is NC(=O)Nc1ccc2c(c1)N(Cc1cnc[nH]1)CC2. The summed E-state index contributed by atoms with van der Waals surface area (Å²) in [4.78, 5) is 20.3. The van der Waals surface area contributed by atoms with E-state index < -0.39 is 6.03 Å². The van der Waals surface area contributed by atoms with Crippen LogP contribution < -0.4 is 16.0 Å². The van der Waals surface area contributed by atoms with Crippen LogP contribution in [-0.2, 0) is 13.0 Å². The van der Waals surface area contributed by atoms with Gasteiger partial charge in [0.15, 0.2) is 0 Å². The molecule has 4 N–H and O–H groups in total. The van der Waals surface area contributed by atoms with Crippen LogP contribution in [0.4, 0.5) is 16.2 Å². The maximum atomic E-state index is 10.9. The minimum atomic E-state index is -0.543. The van der Waals surface area contributed by atoms with Crippen molar-refractivity contribution in [3.05, 3.63) is 42.0 Å². The first-order valence-electron chi connectivity index (χ1n) is 6.14. The number of fused-ring (bicyclic) bond motifs is 1. The van der Waals surface area contributed by atoms with E-state index in [2.05, 4.69) is 20.2 Å². The van der Waals surface area contributed by atoms with E-state index in [0.717, 1.165) is 36.6 Å². The maximum absolute atomic E-state index is 10.9. The van der Waals surface area contributed by atoms with Gasteiger partial charge in [-0.05, 0) is 24.1 Å². The fourth-order valence-electron chi connectivity index (χ4n) is 2.41. The monoisotopic (exact) mass is 257 g/mol. The predicted octanol–water partition coefficient (Wildman–Crippen LogP) is 1.46. The number of aromatic amines is 1. The standard InChI is InChI=1S/C13H15N5O/c14-13(19)17-10-2-1-9-3-4-18(12(9)5-10)7-11-6-15-8-16-11/h1-2,5-6,8H,3-4,7H2,(H,15,16)(H3,14,17,19). The molecular formula is C13H15N5O. The van der Waals surface area contributed by atoms with E-state index in [1.54, 1.807) is 6.33 Å². The maximum Gasteiger partial charge on any atom is 0.316 e. The van der Waals surface area contributed by atoms with Gasteiger partial charge >= 0.3 is 6.03 Å². The average Bonchev–Trinajstić information content (AvgIpc) is 3.00. The van der Waals surface area contributed by atoms with E-state index in [9.17, 15) is 4.79 Å². The number of urea groups is 1. The Labute approximate surface area is 110 Å². The fourth-order valence-corrected chi connectivity index (χ4v) is 2.41. The second-order valence-corrected chi connectivity index (χ2v) is 4.58. The molecule has 19 heavy (non-hydrogen) atoms. The van der Waals surface area contributed by atoms with Crippen molar-refractivity contribution < 1.29 is 4.79 Å². The number of nitrogens with two attached hydrogens (primary N) is 1. The lowest BCUT2D eigenvalue weighted by Crippen LogP contribution is -2.21. The molecule has 6 heteroatoms. The van der Waals surface area contributed by atoms with E-state index in [0.29, 0.717) is 0 Å². The van der Waals surface area contributed by atoms with Crippen LogP contribution in [0.1, 0.15) is 11.3 Å². The number of carbonyl (C=O) groups excluding carboxylic acids is 1. The number of amides is 2. The average molecular weight is 257 g/mol. The summed E-state index contributed by atoms with van der Waals surface area (Å²) in [5.74, 6) is 0. The molecule has 1 aromatic carbocycles. The third kappa shape index (κ3) is 2.37. The van der Waals surface area contributed by atoms with Gasteiger partial charge in [0, 0.05) is 24.1 Å². The lowest BCUT2D eigenvalue weighted by atomic mass is 10.1. The minimum Gasteiger partial charge on any atom is -0.365 e. The highest BCUT2D eigenvalue weighted by Gasteiger charge is 2.20. The third-order valence-electron chi connectivity index (χ3n) is 3.26. The highest BCUT2D eigenvalue weighted by Crippen LogP contribution is 2.31. The zero-order valence-corrected chi connectivity index (χ0v) is 10.4. The van der Waals surface area contributed by atoms with Gasteiger partial charge in [0.05, 0.1) is 18.6 Å². The number of carbonyl (C=O) groups is 1. The Morgan fingerprint density at radius 1 is 1.53 bits per heavy atom. The number of nitrogens with one attached hydrogen (secondary N) is 2. The molecule has 1 aliphatic rings. The molecule has 1 aromatic heterocycles. The smallest absolute Gasteiger partial charge is 0.316 e. The van der Waals surface area contributed by atoms with Crippen LogP contribution >= 0.6 is 0 Å². The minimum absolute atomic E-state index is 0.543. The summed E-state index contributed by atoms with van der Waals surface area (Å²) in [5, 5.41) is 2.61. The third-order valence-corrected chi connectivity index (χ3v) is 3.26. The van der Waals surface area contributed by atoms with Gasteiger partial charge in [0.2, 0.25) is 0 Å². The first kappa shape index (κ1) is 11.6. The zero-order valence-electron chi connectivity index (χ0n) is 10.4. The largest absolute Gasteiger partial charge is 0.365 e. The Hall–Kier alpha value is -2.50. The number of nitrogens with zero attached hydrogens (tertiary/aromatic N) is 2. The molecule has 0 fully saturated rings. The van der Waals surface area contributed by atoms with Crippen LogP contribution in [0, 0.1) is 0 Å². The van der Waals surface area contributed by atoms with Gasteiger partial charge < -0.3 is 20.9 Å². The van der Waals surface area contributed by atoms with Gasteiger partial charge in [-0.15, -0.1) is 0 Å². The zero-order chi connectivity index (χ0) is 13.2. The van der Waals surface area contributed by atoms with Crippen LogP contribution in [0.3, 0.4) is 0 Å². The topological polar surface area (TPSA) is 87.0 Å². The fraction of sp³-hybridized carbons (Fsp3) is 0.231. The molecule has 6 nitrogen and oxygen atoms in total. The van der Waals surface area contributed by atoms with Crippen LogP contribution in [0.15, 0.2) is 30.7 Å². The Morgan fingerprint density at radius 3 is 3.16 bits per heavy atom. The summed E-state index contributed by atoms with van der Waals surface area (Å²) in [6, 6.07) is 5.33. The second kappa shape index (κ2) is 4.64. The van der Waals surface area contributed by atoms with Crippen molar-refractivity contribution in [1.29, 1.82) is 0 Å². The first-order chi connectivity index (χ1) is 9.22. The van der Waals surface area contributed by atoms with Crippen molar-refractivity contribution in [2.24, 2.45) is 5.73 Å². The number of benzene rings is 1. The Bertz CT molecular complexity index is 593. The highest BCUT2D eigenvalue weighted by molar-refractivity contribution is 5.88. The molecule has 98 valence electrons. The number of rotatable bonds is 3. The number of H-pyrrole nitrogens is 1. The molecular weight excluding hydrogens is 242 g/mol. The number of primary amides is 1. The van der Waals surface area contributed by atoms with Gasteiger partial charge in [-0.3, -0.25) is 0 Å². The number of anilines is 2. The molecule has 0 radical (unpaired) electrons. The normalized spacial score (nSPS) is 13.4. The molecule has 0 atom stereocenters. The molecule has 2 amide bonds. The van der Waals surface area contributed by atoms with Crippen LogP contribution in [0.2, 0.25) is 0 Å². The highest BCUT2D eigenvalue weighted by atomic mass is 16.2. The van der Waals surface area contributed by atoms with Gasteiger partial charge in [-0.1, -0.05) is 6.07 Å². The van der Waals surface area contributed by atoms with Gasteiger partial charge in [-0.2, -0.15) is 0 Å². The summed E-state index contributed by atoms with van der Waals surface area (Å²) in [5.41, 5.74) is 9.36. The lowest BCUT2D eigenvalue weighted by molar-refractivity contribution is 0.259. The van der Waals surface area contributed by atoms with Crippen LogP contribution in [0.25, 0.3) is 0 Å². The van der Waals surface area contributed by atoms with E-state index in [-0.39, 0.29) is 0 Å². The number of hydrogen-bond donors (Lipinski definition) is 3. The molecule has 1 aliphatic heterocycles. The summed E-state index contributed by atoms with van der Waals surface area (Å²) >= 11 is 0. The number of hydrogen-bond acceptors (Lipinski definition) is 3. The molecule has 0 bridgehead atoms. The number of imidazole rings is 1. The van der Waals surface area contributed by atoms with Crippen molar-refractivity contribution in [3.8, 4) is 0 Å². The molecule has 0 spiro atoms. The molecule has 2 aromatic rings. The van der Waals surface area contributed by atoms with Crippen molar-refractivity contribution in [2.75, 3.05) is 16.8 Å². The molecule has 0 saturated carbocycles. The van der Waals surface area contributed by atoms with Crippen molar-refractivity contribution in [2.45, 2.75) is 13.0 Å². The van der Waals surface area contributed by atoms with Gasteiger partial charge in [0.25, 0.3) is 0 Å². The molecule has 2 heterocycles. The van der Waals surface area contributed by atoms with E-state index in [4.69, 9.17) is 5.73 Å². The molecule has 0 unspecified atom stereocenters. The van der Waals surface area contributed by atoms with Crippen LogP contribution in [-0.4, -0.2) is 22.5 Å². The second-order valence-electron chi connectivity index (χ2n) is 4.58. The summed E-state index contributed by atoms with van der Waals surface area (Å²) in [6.45, 7) is 1.75. The summed E-state index contributed by atoms with van der Waals surface area (Å²) in [7, 11) is 0. The predicted molar refractivity (Wildman–Crippen MR) is 73.0 cm³/mol. The number of aromatic nitrogens is 2. The van der Waals surface area contributed by atoms with Gasteiger partial charge in [-0.25, -0.2) is 9.78 Å². The molecule has 0 aliphatic carbocycles. The van der Waals surface area contributed by atoms with Crippen molar-refractivity contribution in [1.82, 2.24) is 9.97 Å². The van der Waals surface area contributed by atoms with E-state index >= 15 is 0 Å². The molecule has 3 rings (SSSR count). The lowest BCUT2D eigenvalue weighted by Gasteiger charge is -2.19. The van der Waals surface area contributed by atoms with E-state index in [1.165, 1.54) is 5.56 Å².